The van der Waals surface area contributed by atoms with E-state index in [1.54, 1.807) is 62.5 Å². The van der Waals surface area contributed by atoms with E-state index in [0.29, 0.717) is 72.9 Å². The van der Waals surface area contributed by atoms with Gasteiger partial charge in [-0.25, -0.2) is 0 Å². The molecule has 11 aromatic rings. The van der Waals surface area contributed by atoms with Crippen molar-refractivity contribution in [2.24, 2.45) is 5.73 Å². The van der Waals surface area contributed by atoms with Crippen LogP contribution < -0.4 is 40.6 Å². The number of hydrogen-bond acceptors (Lipinski definition) is 26. The van der Waals surface area contributed by atoms with E-state index in [1.165, 1.54) is 0 Å². The molecule has 32 heteroatoms. The van der Waals surface area contributed by atoms with Crippen LogP contribution in [0.4, 0.5) is 0 Å². The molecule has 3 heterocycles. The normalized spacial score (nSPS) is 14.5. The maximum absolute atomic E-state index is 13.0. The van der Waals surface area contributed by atoms with Crippen molar-refractivity contribution in [3.8, 4) is 23.0 Å². The minimum Gasteiger partial charge on any atom is -0.497 e. The van der Waals surface area contributed by atoms with Crippen LogP contribution in [0.15, 0.2) is 309 Å². The molecular formula is C106H118N8O24. The number of nitrogens with two attached hydrogens (primary N) is 1. The first kappa shape index (κ1) is 107. The van der Waals surface area contributed by atoms with Gasteiger partial charge in [0.1, 0.15) is 79.6 Å². The predicted octanol–water partition coefficient (Wildman–Crippen LogP) is 12.8. The van der Waals surface area contributed by atoms with Crippen molar-refractivity contribution < 1.29 is 115 Å². The fraction of sp³-hybridized carbons (Fsp3) is 0.283. The second-order valence-electron chi connectivity index (χ2n) is 31.6. The number of carbonyl (C=O) groups is 10. The van der Waals surface area contributed by atoms with Crippen molar-refractivity contribution in [2.45, 2.75) is 135 Å². The van der Waals surface area contributed by atoms with E-state index in [0.717, 1.165) is 84.2 Å². The molecule has 0 spiro atoms. The summed E-state index contributed by atoms with van der Waals surface area (Å²) in [5, 5.41) is 36.0. The van der Waals surface area contributed by atoms with Crippen molar-refractivity contribution in [1.82, 2.24) is 35.6 Å². The Morgan fingerprint density at radius 2 is 0.623 bits per heavy atom. The predicted molar refractivity (Wildman–Crippen MR) is 511 cm³/mol. The number of carboxylic acid groups (broad SMARTS) is 3. The number of aliphatic carboxylic acids is 3. The van der Waals surface area contributed by atoms with Gasteiger partial charge in [-0.05, 0) is 110 Å². The van der Waals surface area contributed by atoms with Gasteiger partial charge in [0.25, 0.3) is 0 Å². The molecule has 8 N–H and O–H groups in total. The maximum Gasteiger partial charge on any atom is 0.324 e. The topological polar surface area (TPSA) is 408 Å². The summed E-state index contributed by atoms with van der Waals surface area (Å²) >= 11 is 0. The zero-order chi connectivity index (χ0) is 98.4. The summed E-state index contributed by atoms with van der Waals surface area (Å²) in [4.78, 5) is 127. The van der Waals surface area contributed by atoms with Crippen LogP contribution in [0.5, 0.6) is 23.0 Å². The van der Waals surface area contributed by atoms with Crippen LogP contribution in [0, 0.1) is 0 Å². The minimum atomic E-state index is -1.12. The molecule has 3 saturated heterocycles. The van der Waals surface area contributed by atoms with Crippen molar-refractivity contribution in [3.05, 3.63) is 371 Å². The quantitative estimate of drug-likeness (QED) is 0.0139. The number of nitrogens with one attached hydrogen (secondary N) is 3. The third-order valence-corrected chi connectivity index (χ3v) is 21.3. The Morgan fingerprint density at radius 3 is 0.949 bits per heavy atom. The lowest BCUT2D eigenvalue weighted by Gasteiger charge is -2.40. The summed E-state index contributed by atoms with van der Waals surface area (Å²) < 4.78 is 55.7. The smallest absolute Gasteiger partial charge is 0.324 e. The van der Waals surface area contributed by atoms with Crippen LogP contribution in [0.2, 0.25) is 0 Å². The van der Waals surface area contributed by atoms with E-state index in [4.69, 9.17) is 53.8 Å². The number of carboxylic acids is 3. The molecule has 3 aliphatic rings. The van der Waals surface area contributed by atoms with Gasteiger partial charge in [0.15, 0.2) is 20.4 Å². The van der Waals surface area contributed by atoms with E-state index in [9.17, 15) is 53.1 Å². The molecule has 11 aromatic carbocycles. The van der Waals surface area contributed by atoms with Gasteiger partial charge in [-0.2, -0.15) is 0 Å². The van der Waals surface area contributed by atoms with Crippen LogP contribution >= 0.6 is 0 Å². The van der Waals surface area contributed by atoms with E-state index >= 15 is 0 Å². The molecule has 0 aliphatic carbocycles. The van der Waals surface area contributed by atoms with E-state index in [-0.39, 0.29) is 82.5 Å². The van der Waals surface area contributed by atoms with E-state index in [1.807, 2.05) is 295 Å². The van der Waals surface area contributed by atoms with Gasteiger partial charge in [-0.15, -0.1) is 0 Å². The van der Waals surface area contributed by atoms with Gasteiger partial charge < -0.3 is 88.3 Å². The number of ether oxygens (including phenoxy) is 11. The Bertz CT molecular complexity index is 5470. The van der Waals surface area contributed by atoms with Crippen molar-refractivity contribution in [1.29, 1.82) is 0 Å². The first-order chi connectivity index (χ1) is 67.0. The van der Waals surface area contributed by atoms with E-state index in [2.05, 4.69) is 30.2 Å². The van der Waals surface area contributed by atoms with Crippen LogP contribution in [0.3, 0.4) is 0 Å². The lowest BCUT2D eigenvalue weighted by atomic mass is 10.1. The molecule has 0 saturated carbocycles. The highest BCUT2D eigenvalue weighted by Crippen LogP contribution is 2.26. The molecule has 0 aromatic heterocycles. The van der Waals surface area contributed by atoms with Gasteiger partial charge in [-0.3, -0.25) is 68.4 Å². The van der Waals surface area contributed by atoms with Gasteiger partial charge in [0.05, 0.1) is 73.9 Å². The molecule has 5 atom stereocenters. The number of benzene rings is 11. The lowest BCUT2D eigenvalue weighted by molar-refractivity contribution is -0.247. The summed E-state index contributed by atoms with van der Waals surface area (Å²) in [5.41, 5.74) is 15.8. The van der Waals surface area contributed by atoms with E-state index < -0.39 is 72.4 Å². The largest absolute Gasteiger partial charge is 0.497 e. The molecule has 5 unspecified atom stereocenters. The standard InChI is InChI=1S/C27H28N2O4.C26H28N2O4.C20H22N2O4.C19H21NO5.C11H13NO4.C3H6O3/c1-32-24-14-12-22(13-15-24)17-28-20-29(18-21-8-4-2-5-9-21)26(30)16-25(28)27(31)33-19-23-10-6-3-7-11-23;1-31-23-14-12-21(13-15-23)17-27-24(26(30)32-19-22-10-6-3-7-11-22)16-25(29)28-18-20-8-4-2-5-9-20;1-26-17-9-7-16(8-10-17)12-21-14-22(13-15-5-3-2-4-6-15)19(23)11-18(21)20(24)25;1-24-16-9-7-14(8-10-16)12-20-17(11-18(21)22)19(23)25-13-15-5-3-2-4-6-15;12-9(6-10(13)14)11(15)16-7-8-4-2-1-3-5-8;1-4-2-6-3-5-1/h2-15,25H,16-20H2,1H3;2-15,24,27H,16-19H2,1H3,(H,28,29);2-10,18H,11-14H2,1H3,(H,24,25);2-10,17,20H,11-13H2,1H3,(H,21,22);1-5,9H,6-7,12H2,(H,13,14);1-3H2. The first-order valence-corrected chi connectivity index (χ1v) is 44.4. The second kappa shape index (κ2) is 59.7. The molecule has 14 rings (SSSR count). The highest BCUT2D eigenvalue weighted by molar-refractivity contribution is 5.88. The fourth-order valence-corrected chi connectivity index (χ4v) is 13.8. The van der Waals surface area contributed by atoms with Crippen molar-refractivity contribution in [3.63, 3.8) is 0 Å². The van der Waals surface area contributed by atoms with Crippen molar-refractivity contribution in [2.75, 3.05) is 62.2 Å². The summed E-state index contributed by atoms with van der Waals surface area (Å²) in [6.07, 6.45) is -0.705. The molecule has 0 radical (unpaired) electrons. The summed E-state index contributed by atoms with van der Waals surface area (Å²) in [6.45, 7) is 5.46. The van der Waals surface area contributed by atoms with Crippen LogP contribution in [-0.4, -0.2) is 187 Å². The third kappa shape index (κ3) is 39.5. The maximum atomic E-state index is 13.0. The Hall–Kier alpha value is -15.0. The molecule has 138 heavy (non-hydrogen) atoms. The highest BCUT2D eigenvalue weighted by atomic mass is 16.8. The van der Waals surface area contributed by atoms with Crippen molar-refractivity contribution >= 4 is 59.5 Å². The molecule has 0 bridgehead atoms. The van der Waals surface area contributed by atoms with Gasteiger partial charge >= 0.3 is 41.8 Å². The monoisotopic (exact) mass is 1890 g/mol. The average Bonchev–Trinajstić information content (AvgIpc) is 0.811. The van der Waals surface area contributed by atoms with Crippen LogP contribution in [-0.2, 0) is 153 Å². The summed E-state index contributed by atoms with van der Waals surface area (Å²) in [6, 6.07) is 92.4. The fourth-order valence-electron chi connectivity index (χ4n) is 13.8. The lowest BCUT2D eigenvalue weighted by Crippen LogP contribution is -2.55. The van der Waals surface area contributed by atoms with Gasteiger partial charge in [-0.1, -0.05) is 261 Å². The number of nitrogens with zero attached hydrogens (tertiary/aromatic N) is 4. The number of amides is 3. The Labute approximate surface area is 802 Å². The Balaban J connectivity index is 0.000000193. The Morgan fingerprint density at radius 1 is 0.341 bits per heavy atom. The molecule has 3 amide bonds. The van der Waals surface area contributed by atoms with Crippen LogP contribution in [0.25, 0.3) is 0 Å². The second-order valence-corrected chi connectivity index (χ2v) is 31.6. The third-order valence-electron chi connectivity index (χ3n) is 21.3. The SMILES string of the molecule is C1OCOCO1.COc1ccc(CN2CN(Cc3ccccc3)C(=O)CC2C(=O)O)cc1.COc1ccc(CN2CN(Cc3ccccc3)C(=O)CC2C(=O)OCc2ccccc2)cc1.COc1ccc(CNC(CC(=O)NCc2ccccc2)C(=O)OCc2ccccc2)cc1.COc1ccc(CNC(CC(=O)O)C(=O)OCc2ccccc2)cc1.NC(CC(=O)O)C(=O)OCc1ccccc1. The number of hydrogen-bond donors (Lipinski definition) is 7. The summed E-state index contributed by atoms with van der Waals surface area (Å²) in [5.74, 6) is -2.67. The molecule has 726 valence electrons. The van der Waals surface area contributed by atoms with Gasteiger partial charge in [0.2, 0.25) is 17.7 Å². The zero-order valence-electron chi connectivity index (χ0n) is 77.5. The molecule has 3 fully saturated rings. The number of methoxy groups -OCH3 is 4. The molecule has 32 nitrogen and oxygen atoms in total. The minimum absolute atomic E-state index is 0.0156. The number of carbonyl (C=O) groups excluding carboxylic acids is 7. The highest BCUT2D eigenvalue weighted by Gasteiger charge is 2.39. The first-order valence-electron chi connectivity index (χ1n) is 44.4. The number of rotatable bonds is 39. The average molecular weight is 1890 g/mol. The Kier molecular flexibility index (Phi) is 46.1. The number of esters is 4. The van der Waals surface area contributed by atoms with Crippen LogP contribution in [0.1, 0.15) is 93.3 Å². The zero-order valence-corrected chi connectivity index (χ0v) is 77.5. The van der Waals surface area contributed by atoms with Gasteiger partial charge in [0, 0.05) is 45.8 Å². The molecular weight excluding hydrogens is 1770 g/mol. The molecule has 3 aliphatic heterocycles. The summed E-state index contributed by atoms with van der Waals surface area (Å²) in [7, 11) is 6.43.